The van der Waals surface area contributed by atoms with Crippen molar-refractivity contribution in [2.75, 3.05) is 14.2 Å². The van der Waals surface area contributed by atoms with Gasteiger partial charge in [-0.05, 0) is 24.3 Å². The fourth-order valence-corrected chi connectivity index (χ4v) is 2.35. The summed E-state index contributed by atoms with van der Waals surface area (Å²) in [4.78, 5) is 12.3. The molecule has 6 heteroatoms. The lowest BCUT2D eigenvalue weighted by molar-refractivity contribution is 0.394. The monoisotopic (exact) mass is 314 g/mol. The number of ether oxygens (including phenoxy) is 2. The summed E-state index contributed by atoms with van der Waals surface area (Å²) in [5.74, 6) is 0.107. The second-order valence-electron chi connectivity index (χ2n) is 4.86. The van der Waals surface area contributed by atoms with Gasteiger partial charge < -0.3 is 24.1 Å². The summed E-state index contributed by atoms with van der Waals surface area (Å²) in [5.41, 5.74) is -0.119. The first-order valence-electron chi connectivity index (χ1n) is 6.76. The molecule has 6 nitrogen and oxygen atoms in total. The average molecular weight is 314 g/mol. The predicted octanol–water partition coefficient (Wildman–Crippen LogP) is 2.89. The summed E-state index contributed by atoms with van der Waals surface area (Å²) in [6.07, 6.45) is 0. The Morgan fingerprint density at radius 1 is 1.00 bits per heavy atom. The maximum absolute atomic E-state index is 12.3. The summed E-state index contributed by atoms with van der Waals surface area (Å²) >= 11 is 0. The molecule has 2 aromatic carbocycles. The van der Waals surface area contributed by atoms with E-state index < -0.39 is 11.2 Å². The van der Waals surface area contributed by atoms with Gasteiger partial charge in [0.25, 0.3) is 0 Å². The topological polar surface area (TPSA) is 89.1 Å². The Hall–Kier alpha value is -3.15. The van der Waals surface area contributed by atoms with Crippen LogP contribution in [0.3, 0.4) is 0 Å². The molecule has 0 unspecified atom stereocenters. The van der Waals surface area contributed by atoms with E-state index in [-0.39, 0.29) is 22.5 Å². The molecule has 118 valence electrons. The lowest BCUT2D eigenvalue weighted by atomic mass is 10.1. The second kappa shape index (κ2) is 5.57. The van der Waals surface area contributed by atoms with Gasteiger partial charge in [-0.25, -0.2) is 0 Å². The first-order chi connectivity index (χ1) is 11.0. The number of benzene rings is 2. The first kappa shape index (κ1) is 14.8. The van der Waals surface area contributed by atoms with Gasteiger partial charge in [0.05, 0.1) is 14.2 Å². The van der Waals surface area contributed by atoms with Gasteiger partial charge in [0.15, 0.2) is 5.76 Å². The summed E-state index contributed by atoms with van der Waals surface area (Å²) in [6, 6.07) is 9.31. The highest BCUT2D eigenvalue weighted by Crippen LogP contribution is 2.36. The quantitative estimate of drug-likeness (QED) is 0.772. The Morgan fingerprint density at radius 2 is 1.65 bits per heavy atom. The van der Waals surface area contributed by atoms with E-state index >= 15 is 0 Å². The number of aromatic hydroxyl groups is 2. The third-order valence-electron chi connectivity index (χ3n) is 3.49. The van der Waals surface area contributed by atoms with Gasteiger partial charge in [0.2, 0.25) is 11.2 Å². The number of rotatable bonds is 3. The van der Waals surface area contributed by atoms with E-state index in [0.717, 1.165) is 0 Å². The van der Waals surface area contributed by atoms with E-state index in [0.29, 0.717) is 17.1 Å². The van der Waals surface area contributed by atoms with Crippen LogP contribution in [0, 0.1) is 0 Å². The molecular weight excluding hydrogens is 300 g/mol. The van der Waals surface area contributed by atoms with Crippen molar-refractivity contribution in [1.82, 2.24) is 0 Å². The largest absolute Gasteiger partial charge is 0.507 e. The van der Waals surface area contributed by atoms with Crippen LogP contribution in [0.1, 0.15) is 0 Å². The van der Waals surface area contributed by atoms with Crippen molar-refractivity contribution in [3.05, 3.63) is 46.6 Å². The van der Waals surface area contributed by atoms with E-state index in [2.05, 4.69) is 0 Å². The highest BCUT2D eigenvalue weighted by atomic mass is 16.5. The van der Waals surface area contributed by atoms with Gasteiger partial charge in [0.1, 0.15) is 28.2 Å². The molecule has 0 saturated heterocycles. The molecule has 0 aliphatic heterocycles. The standard InChI is InChI=1S/C17H14O6/c1-21-10-6-9(7-11(8-10)22-2)17-16(20)15(19)14-12(18)4-3-5-13(14)23-17/h3-8,18,20H,1-2H3. The van der Waals surface area contributed by atoms with Crippen LogP contribution in [-0.4, -0.2) is 24.4 Å². The Kier molecular flexibility index (Phi) is 3.57. The van der Waals surface area contributed by atoms with E-state index in [1.165, 1.54) is 26.4 Å². The van der Waals surface area contributed by atoms with Crippen molar-refractivity contribution in [3.8, 4) is 34.3 Å². The van der Waals surface area contributed by atoms with Crippen molar-refractivity contribution in [2.24, 2.45) is 0 Å². The molecule has 2 N–H and O–H groups in total. The number of methoxy groups -OCH3 is 2. The van der Waals surface area contributed by atoms with Gasteiger partial charge in [-0.3, -0.25) is 4.79 Å². The Bertz CT molecular complexity index is 919. The third-order valence-corrected chi connectivity index (χ3v) is 3.49. The van der Waals surface area contributed by atoms with Crippen LogP contribution in [0.15, 0.2) is 45.6 Å². The van der Waals surface area contributed by atoms with Crippen molar-refractivity contribution in [3.63, 3.8) is 0 Å². The van der Waals surface area contributed by atoms with Crippen molar-refractivity contribution < 1.29 is 24.1 Å². The van der Waals surface area contributed by atoms with E-state index in [9.17, 15) is 15.0 Å². The predicted molar refractivity (Wildman–Crippen MR) is 84.4 cm³/mol. The molecule has 0 bridgehead atoms. The summed E-state index contributed by atoms with van der Waals surface area (Å²) in [5, 5.41) is 19.9. The molecule has 3 rings (SSSR count). The number of hydrogen-bond acceptors (Lipinski definition) is 6. The van der Waals surface area contributed by atoms with Gasteiger partial charge in [-0.15, -0.1) is 0 Å². The fourth-order valence-electron chi connectivity index (χ4n) is 2.35. The van der Waals surface area contributed by atoms with Gasteiger partial charge in [0, 0.05) is 11.6 Å². The van der Waals surface area contributed by atoms with Crippen LogP contribution in [0.4, 0.5) is 0 Å². The Labute approximate surface area is 131 Å². The zero-order valence-electron chi connectivity index (χ0n) is 12.5. The minimum absolute atomic E-state index is 0.0229. The van der Waals surface area contributed by atoms with Crippen molar-refractivity contribution in [2.45, 2.75) is 0 Å². The molecule has 0 radical (unpaired) electrons. The number of hydrogen-bond donors (Lipinski definition) is 2. The van der Waals surface area contributed by atoms with E-state index in [4.69, 9.17) is 13.9 Å². The number of phenols is 1. The molecule has 1 aromatic heterocycles. The lowest BCUT2D eigenvalue weighted by Crippen LogP contribution is -2.03. The van der Waals surface area contributed by atoms with Gasteiger partial charge in [-0.2, -0.15) is 0 Å². The van der Waals surface area contributed by atoms with Crippen molar-refractivity contribution in [1.29, 1.82) is 0 Å². The average Bonchev–Trinajstić information content (AvgIpc) is 2.57. The third kappa shape index (κ3) is 2.44. The normalized spacial score (nSPS) is 10.7. The smallest absolute Gasteiger partial charge is 0.238 e. The SMILES string of the molecule is COc1cc(OC)cc(-c2oc3cccc(O)c3c(=O)c2O)c1. The first-order valence-corrected chi connectivity index (χ1v) is 6.76. The van der Waals surface area contributed by atoms with Crippen LogP contribution in [0.2, 0.25) is 0 Å². The summed E-state index contributed by atoms with van der Waals surface area (Å²) in [7, 11) is 2.99. The Morgan fingerprint density at radius 3 is 2.26 bits per heavy atom. The highest BCUT2D eigenvalue weighted by Gasteiger charge is 2.18. The van der Waals surface area contributed by atoms with Crippen LogP contribution >= 0.6 is 0 Å². The molecule has 0 amide bonds. The van der Waals surface area contributed by atoms with Crippen LogP contribution in [-0.2, 0) is 0 Å². The molecule has 0 aliphatic carbocycles. The van der Waals surface area contributed by atoms with Crippen LogP contribution < -0.4 is 14.9 Å². The molecule has 0 aliphatic rings. The van der Waals surface area contributed by atoms with Gasteiger partial charge >= 0.3 is 0 Å². The van der Waals surface area contributed by atoms with E-state index in [1.54, 1.807) is 24.3 Å². The van der Waals surface area contributed by atoms with Crippen LogP contribution in [0.25, 0.3) is 22.3 Å². The fraction of sp³-hybridized carbons (Fsp3) is 0.118. The van der Waals surface area contributed by atoms with Crippen molar-refractivity contribution >= 4 is 11.0 Å². The minimum atomic E-state index is -0.707. The maximum atomic E-state index is 12.3. The highest BCUT2D eigenvalue weighted by molar-refractivity contribution is 5.87. The molecule has 0 spiro atoms. The van der Waals surface area contributed by atoms with Gasteiger partial charge in [-0.1, -0.05) is 6.07 Å². The number of phenolic OH excluding ortho intramolecular Hbond substituents is 1. The zero-order chi connectivity index (χ0) is 16.6. The molecule has 23 heavy (non-hydrogen) atoms. The minimum Gasteiger partial charge on any atom is -0.507 e. The molecule has 1 heterocycles. The molecule has 0 saturated carbocycles. The molecular formula is C17H14O6. The van der Waals surface area contributed by atoms with E-state index in [1.807, 2.05) is 0 Å². The maximum Gasteiger partial charge on any atom is 0.238 e. The summed E-state index contributed by atoms with van der Waals surface area (Å²) < 4.78 is 16.0. The number of fused-ring (bicyclic) bond motifs is 1. The second-order valence-corrected chi connectivity index (χ2v) is 4.86. The summed E-state index contributed by atoms with van der Waals surface area (Å²) in [6.45, 7) is 0. The lowest BCUT2D eigenvalue weighted by Gasteiger charge is -2.10. The molecule has 0 atom stereocenters. The molecule has 3 aromatic rings. The zero-order valence-corrected chi connectivity index (χ0v) is 12.5. The van der Waals surface area contributed by atoms with Crippen LogP contribution in [0.5, 0.6) is 23.0 Å². The molecule has 0 fully saturated rings. The Balaban J connectivity index is 2.33.